The van der Waals surface area contributed by atoms with Crippen molar-refractivity contribution in [1.82, 2.24) is 20.2 Å². The minimum absolute atomic E-state index is 0.000733. The second kappa shape index (κ2) is 9.62. The molecule has 3 aromatic rings. The van der Waals surface area contributed by atoms with E-state index < -0.39 is 43.3 Å². The Balaban J connectivity index is 1.52. The van der Waals surface area contributed by atoms with Gasteiger partial charge in [0, 0.05) is 35.8 Å². The average molecular weight is 479 g/mol. The third kappa shape index (κ3) is 5.35. The predicted molar refractivity (Wildman–Crippen MR) is 124 cm³/mol. The van der Waals surface area contributed by atoms with Crippen LogP contribution in [0.5, 0.6) is 5.88 Å². The SMILES string of the molecule is CC(C)Oc1ccc(-c2ccc3nccc(C(=O)NCC(=O)N4CC(F)(F)C[C@H]4C#N)c3c2)cn1. The molecular weight excluding hydrogens is 456 g/mol. The normalized spacial score (nSPS) is 16.8. The molecule has 3 heterocycles. The van der Waals surface area contributed by atoms with Gasteiger partial charge in [0.1, 0.15) is 6.04 Å². The van der Waals surface area contributed by atoms with Crippen molar-refractivity contribution in [2.75, 3.05) is 13.1 Å². The number of pyridine rings is 2. The van der Waals surface area contributed by atoms with Crippen LogP contribution < -0.4 is 10.1 Å². The molecule has 180 valence electrons. The van der Waals surface area contributed by atoms with Crippen molar-refractivity contribution in [2.45, 2.75) is 38.3 Å². The van der Waals surface area contributed by atoms with Crippen LogP contribution in [0.4, 0.5) is 8.78 Å². The van der Waals surface area contributed by atoms with Crippen LogP contribution in [0.3, 0.4) is 0 Å². The van der Waals surface area contributed by atoms with Crippen LogP contribution in [-0.2, 0) is 4.79 Å². The predicted octanol–water partition coefficient (Wildman–Crippen LogP) is 3.57. The molecule has 0 unspecified atom stereocenters. The summed E-state index contributed by atoms with van der Waals surface area (Å²) in [6.45, 7) is 2.48. The van der Waals surface area contributed by atoms with Gasteiger partial charge in [-0.1, -0.05) is 6.07 Å². The zero-order valence-electron chi connectivity index (χ0n) is 19.2. The van der Waals surface area contributed by atoms with Crippen molar-refractivity contribution in [2.24, 2.45) is 0 Å². The van der Waals surface area contributed by atoms with E-state index in [0.717, 1.165) is 16.0 Å². The molecule has 1 N–H and O–H groups in total. The third-order valence-electron chi connectivity index (χ3n) is 5.55. The van der Waals surface area contributed by atoms with E-state index in [4.69, 9.17) is 10.00 Å². The number of aromatic nitrogens is 2. The lowest BCUT2D eigenvalue weighted by atomic mass is 10.0. The topological polar surface area (TPSA) is 108 Å². The Labute approximate surface area is 200 Å². The number of carbonyl (C=O) groups is 2. The average Bonchev–Trinajstić information content (AvgIpc) is 3.16. The van der Waals surface area contributed by atoms with Crippen molar-refractivity contribution >= 4 is 22.7 Å². The first-order valence-electron chi connectivity index (χ1n) is 11.0. The molecule has 1 fully saturated rings. The van der Waals surface area contributed by atoms with Gasteiger partial charge in [-0.2, -0.15) is 5.26 Å². The fraction of sp³-hybridized carbons (Fsp3) is 0.320. The molecule has 2 amide bonds. The highest BCUT2D eigenvalue weighted by molar-refractivity contribution is 6.07. The lowest BCUT2D eigenvalue weighted by Crippen LogP contribution is -2.43. The standard InChI is InChI=1S/C25H23F2N5O3/c1-15(2)35-22-6-4-17(12-30-22)16-3-5-21-20(9-16)19(7-8-29-21)24(34)31-13-23(33)32-14-25(26,27)10-18(32)11-28/h3-9,12,15,18H,10,13-14H2,1-2H3,(H,31,34)/t18-/m0/s1. The molecule has 0 saturated carbocycles. The van der Waals surface area contributed by atoms with Crippen LogP contribution in [0.2, 0.25) is 0 Å². The maximum absolute atomic E-state index is 13.6. The Hall–Kier alpha value is -4.13. The molecular formula is C25H23F2N5O3. The Morgan fingerprint density at radius 3 is 2.69 bits per heavy atom. The molecule has 0 bridgehead atoms. The summed E-state index contributed by atoms with van der Waals surface area (Å²) in [5.41, 5.74) is 2.46. The van der Waals surface area contributed by atoms with E-state index in [-0.39, 0.29) is 11.7 Å². The van der Waals surface area contributed by atoms with Gasteiger partial charge in [-0.15, -0.1) is 0 Å². The highest BCUT2D eigenvalue weighted by Gasteiger charge is 2.47. The Morgan fingerprint density at radius 1 is 1.23 bits per heavy atom. The lowest BCUT2D eigenvalue weighted by molar-refractivity contribution is -0.131. The number of nitriles is 1. The van der Waals surface area contributed by atoms with Gasteiger partial charge in [0.2, 0.25) is 11.8 Å². The number of nitrogens with one attached hydrogen (secondary N) is 1. The van der Waals surface area contributed by atoms with Crippen LogP contribution in [0.1, 0.15) is 30.6 Å². The van der Waals surface area contributed by atoms with Gasteiger partial charge in [-0.25, -0.2) is 13.8 Å². The number of benzene rings is 1. The number of alkyl halides is 2. The smallest absolute Gasteiger partial charge is 0.268 e. The zero-order valence-corrected chi connectivity index (χ0v) is 19.2. The van der Waals surface area contributed by atoms with E-state index in [0.29, 0.717) is 16.8 Å². The van der Waals surface area contributed by atoms with Crippen molar-refractivity contribution in [3.63, 3.8) is 0 Å². The van der Waals surface area contributed by atoms with Crippen LogP contribution in [0.15, 0.2) is 48.8 Å². The number of halogens is 2. The molecule has 0 aliphatic carbocycles. The molecule has 1 aromatic carbocycles. The molecule has 35 heavy (non-hydrogen) atoms. The molecule has 1 aliphatic rings. The van der Waals surface area contributed by atoms with Gasteiger partial charge in [0.25, 0.3) is 11.8 Å². The maximum atomic E-state index is 13.6. The van der Waals surface area contributed by atoms with Crippen molar-refractivity contribution < 1.29 is 23.1 Å². The molecule has 1 atom stereocenters. The third-order valence-corrected chi connectivity index (χ3v) is 5.55. The van der Waals surface area contributed by atoms with Crippen molar-refractivity contribution in [3.8, 4) is 23.1 Å². The minimum atomic E-state index is -3.12. The summed E-state index contributed by atoms with van der Waals surface area (Å²) in [5.74, 6) is -3.91. The number of fused-ring (bicyclic) bond motifs is 1. The quantitative estimate of drug-likeness (QED) is 0.579. The second-order valence-electron chi connectivity index (χ2n) is 8.55. The number of carbonyl (C=O) groups excluding carboxylic acids is 2. The van der Waals surface area contributed by atoms with Crippen molar-refractivity contribution in [3.05, 3.63) is 54.4 Å². The van der Waals surface area contributed by atoms with Crippen LogP contribution in [-0.4, -0.2) is 57.8 Å². The number of ether oxygens (including phenoxy) is 1. The van der Waals surface area contributed by atoms with E-state index in [1.54, 1.807) is 30.5 Å². The summed E-state index contributed by atoms with van der Waals surface area (Å²) in [6.07, 6.45) is 2.44. The summed E-state index contributed by atoms with van der Waals surface area (Å²) in [7, 11) is 0. The van der Waals surface area contributed by atoms with E-state index in [1.807, 2.05) is 26.0 Å². The van der Waals surface area contributed by atoms with Gasteiger partial charge in [-0.05, 0) is 43.7 Å². The van der Waals surface area contributed by atoms with Crippen LogP contribution in [0, 0.1) is 11.3 Å². The van der Waals surface area contributed by atoms with Crippen LogP contribution in [0.25, 0.3) is 22.0 Å². The number of hydrogen-bond acceptors (Lipinski definition) is 6. The molecule has 2 aromatic heterocycles. The first-order valence-corrected chi connectivity index (χ1v) is 11.0. The first kappa shape index (κ1) is 24.0. The molecule has 0 radical (unpaired) electrons. The molecule has 4 rings (SSSR count). The Bertz CT molecular complexity index is 1300. The highest BCUT2D eigenvalue weighted by Crippen LogP contribution is 2.31. The van der Waals surface area contributed by atoms with E-state index in [1.165, 1.54) is 12.3 Å². The van der Waals surface area contributed by atoms with E-state index in [2.05, 4.69) is 15.3 Å². The number of hydrogen-bond donors (Lipinski definition) is 1. The fourth-order valence-electron chi connectivity index (χ4n) is 3.93. The minimum Gasteiger partial charge on any atom is -0.475 e. The number of likely N-dealkylation sites (tertiary alicyclic amines) is 1. The van der Waals surface area contributed by atoms with Gasteiger partial charge in [0.05, 0.1) is 36.3 Å². The largest absolute Gasteiger partial charge is 0.475 e. The van der Waals surface area contributed by atoms with E-state index in [9.17, 15) is 18.4 Å². The Morgan fingerprint density at radius 2 is 2.00 bits per heavy atom. The molecule has 1 saturated heterocycles. The van der Waals surface area contributed by atoms with Crippen molar-refractivity contribution in [1.29, 1.82) is 5.26 Å². The summed E-state index contributed by atoms with van der Waals surface area (Å²) >= 11 is 0. The first-order chi connectivity index (χ1) is 16.7. The number of rotatable bonds is 6. The summed E-state index contributed by atoms with van der Waals surface area (Å²) in [6, 6.07) is 11.1. The van der Waals surface area contributed by atoms with Gasteiger partial charge in [-0.3, -0.25) is 14.6 Å². The van der Waals surface area contributed by atoms with Gasteiger partial charge < -0.3 is 15.0 Å². The maximum Gasteiger partial charge on any atom is 0.268 e. The highest BCUT2D eigenvalue weighted by atomic mass is 19.3. The molecule has 1 aliphatic heterocycles. The van der Waals surface area contributed by atoms with Gasteiger partial charge >= 0.3 is 0 Å². The lowest BCUT2D eigenvalue weighted by Gasteiger charge is -2.19. The number of nitrogens with zero attached hydrogens (tertiary/aromatic N) is 4. The molecule has 0 spiro atoms. The fourth-order valence-corrected chi connectivity index (χ4v) is 3.93. The zero-order chi connectivity index (χ0) is 25.2. The second-order valence-corrected chi connectivity index (χ2v) is 8.55. The Kier molecular flexibility index (Phi) is 6.60. The summed E-state index contributed by atoms with van der Waals surface area (Å²) < 4.78 is 32.8. The van der Waals surface area contributed by atoms with Crippen LogP contribution >= 0.6 is 0 Å². The monoisotopic (exact) mass is 479 g/mol. The summed E-state index contributed by atoms with van der Waals surface area (Å²) in [5, 5.41) is 12.1. The van der Waals surface area contributed by atoms with E-state index >= 15 is 0 Å². The molecule has 8 nitrogen and oxygen atoms in total. The molecule has 10 heteroatoms. The van der Waals surface area contributed by atoms with Gasteiger partial charge in [0.15, 0.2) is 0 Å². The number of amides is 2. The summed E-state index contributed by atoms with van der Waals surface area (Å²) in [4.78, 5) is 34.7.